The van der Waals surface area contributed by atoms with Crippen LogP contribution < -0.4 is 14.5 Å². The van der Waals surface area contributed by atoms with Crippen LogP contribution >= 0.6 is 0 Å². The predicted octanol–water partition coefficient (Wildman–Crippen LogP) is 1.86. The summed E-state index contributed by atoms with van der Waals surface area (Å²) in [5.74, 6) is 0.289. The fraction of sp³-hybridized carbons (Fsp3) is 0.333. The third-order valence-corrected chi connectivity index (χ3v) is 3.90. The molecule has 126 valence electrons. The van der Waals surface area contributed by atoms with Gasteiger partial charge in [-0.3, -0.25) is 15.1 Å². The lowest BCUT2D eigenvalue weighted by molar-refractivity contribution is -0.386. The van der Waals surface area contributed by atoms with Crippen molar-refractivity contribution in [2.45, 2.75) is 0 Å². The molecular formula is C15H16FN5O3. The number of anilines is 2. The predicted molar refractivity (Wildman–Crippen MR) is 86.1 cm³/mol. The number of hydrogen-bond acceptors (Lipinski definition) is 7. The number of nitrogens with zero attached hydrogens (tertiary/aromatic N) is 5. The van der Waals surface area contributed by atoms with Gasteiger partial charge in [0, 0.05) is 26.2 Å². The number of hydrogen-bond donors (Lipinski definition) is 0. The van der Waals surface area contributed by atoms with Gasteiger partial charge in [-0.15, -0.1) is 0 Å². The second kappa shape index (κ2) is 6.65. The summed E-state index contributed by atoms with van der Waals surface area (Å²) in [5, 5.41) is 11.1. The molecule has 0 N–H and O–H groups in total. The van der Waals surface area contributed by atoms with Crippen LogP contribution in [-0.4, -0.2) is 48.2 Å². The molecule has 0 unspecified atom stereocenters. The van der Waals surface area contributed by atoms with Gasteiger partial charge in [-0.25, -0.2) is 0 Å². The monoisotopic (exact) mass is 333 g/mol. The summed E-state index contributed by atoms with van der Waals surface area (Å²) in [7, 11) is 1.52. The van der Waals surface area contributed by atoms with Crippen molar-refractivity contribution in [2.24, 2.45) is 0 Å². The first kappa shape index (κ1) is 15.9. The lowest BCUT2D eigenvalue weighted by Gasteiger charge is -2.36. The Kier molecular flexibility index (Phi) is 4.41. The molecule has 24 heavy (non-hydrogen) atoms. The van der Waals surface area contributed by atoms with Crippen molar-refractivity contribution in [3.63, 3.8) is 0 Å². The van der Waals surface area contributed by atoms with Crippen LogP contribution in [0.15, 0.2) is 30.6 Å². The fourth-order valence-electron chi connectivity index (χ4n) is 2.71. The zero-order chi connectivity index (χ0) is 17.1. The molecule has 1 aromatic heterocycles. The molecule has 1 aliphatic heterocycles. The Morgan fingerprint density at radius 2 is 1.92 bits per heavy atom. The Morgan fingerprint density at radius 1 is 1.21 bits per heavy atom. The highest BCUT2D eigenvalue weighted by molar-refractivity contribution is 5.64. The summed E-state index contributed by atoms with van der Waals surface area (Å²) >= 11 is 0. The van der Waals surface area contributed by atoms with Crippen LogP contribution in [0.4, 0.5) is 21.6 Å². The molecule has 0 aliphatic carbocycles. The summed E-state index contributed by atoms with van der Waals surface area (Å²) in [4.78, 5) is 22.7. The van der Waals surface area contributed by atoms with Crippen molar-refractivity contribution < 1.29 is 14.1 Å². The maximum absolute atomic E-state index is 13.8. The number of piperazine rings is 1. The summed E-state index contributed by atoms with van der Waals surface area (Å²) in [6.07, 6.45) is 3.17. The second-order valence-electron chi connectivity index (χ2n) is 5.26. The van der Waals surface area contributed by atoms with Gasteiger partial charge in [0.05, 0.1) is 24.4 Å². The Hall–Kier alpha value is -2.97. The first-order valence-electron chi connectivity index (χ1n) is 7.39. The van der Waals surface area contributed by atoms with Crippen molar-refractivity contribution in [2.75, 3.05) is 43.1 Å². The number of benzene rings is 1. The van der Waals surface area contributed by atoms with E-state index in [0.717, 1.165) is 6.07 Å². The van der Waals surface area contributed by atoms with Crippen molar-refractivity contribution in [1.29, 1.82) is 0 Å². The zero-order valence-electron chi connectivity index (χ0n) is 13.1. The van der Waals surface area contributed by atoms with Gasteiger partial charge < -0.3 is 14.5 Å². The maximum Gasteiger partial charge on any atom is 0.327 e. The average molecular weight is 333 g/mol. The topological polar surface area (TPSA) is 84.6 Å². The molecule has 0 amide bonds. The van der Waals surface area contributed by atoms with Crippen molar-refractivity contribution >= 4 is 17.2 Å². The molecule has 1 aromatic carbocycles. The molecule has 1 fully saturated rings. The maximum atomic E-state index is 13.8. The third kappa shape index (κ3) is 3.05. The minimum absolute atomic E-state index is 0.302. The molecule has 1 aliphatic rings. The van der Waals surface area contributed by atoms with E-state index >= 15 is 0 Å². The molecule has 9 heteroatoms. The van der Waals surface area contributed by atoms with E-state index in [0.29, 0.717) is 43.6 Å². The zero-order valence-corrected chi connectivity index (χ0v) is 13.1. The number of aromatic nitrogens is 2. The van der Waals surface area contributed by atoms with Gasteiger partial charge in [-0.05, 0) is 12.1 Å². The molecule has 1 saturated heterocycles. The number of para-hydroxylation sites is 1. The minimum atomic E-state index is -0.821. The molecule has 2 heterocycles. The van der Waals surface area contributed by atoms with Gasteiger partial charge in [-0.2, -0.15) is 9.37 Å². The van der Waals surface area contributed by atoms with Gasteiger partial charge in [0.1, 0.15) is 5.69 Å². The van der Waals surface area contributed by atoms with E-state index < -0.39 is 16.4 Å². The molecular weight excluding hydrogens is 317 g/mol. The van der Waals surface area contributed by atoms with Crippen LogP contribution in [0.5, 0.6) is 5.88 Å². The summed E-state index contributed by atoms with van der Waals surface area (Å²) < 4.78 is 18.8. The van der Waals surface area contributed by atoms with E-state index in [1.165, 1.54) is 19.4 Å². The number of ether oxygens (including phenoxy) is 1. The number of nitro groups is 1. The third-order valence-electron chi connectivity index (χ3n) is 3.90. The molecule has 0 spiro atoms. The van der Waals surface area contributed by atoms with Gasteiger partial charge in [0.15, 0.2) is 5.82 Å². The summed E-state index contributed by atoms with van der Waals surface area (Å²) in [6, 6.07) is 4.16. The van der Waals surface area contributed by atoms with E-state index in [9.17, 15) is 14.5 Å². The lowest BCUT2D eigenvalue weighted by atomic mass is 10.2. The van der Waals surface area contributed by atoms with E-state index in [2.05, 4.69) is 9.97 Å². The molecule has 0 atom stereocenters. The second-order valence-corrected chi connectivity index (χ2v) is 5.26. The molecule has 2 aromatic rings. The lowest BCUT2D eigenvalue weighted by Crippen LogP contribution is -2.47. The van der Waals surface area contributed by atoms with Crippen LogP contribution in [-0.2, 0) is 0 Å². The minimum Gasteiger partial charge on any atom is -0.480 e. The van der Waals surface area contributed by atoms with Gasteiger partial charge in [-0.1, -0.05) is 6.07 Å². The van der Waals surface area contributed by atoms with Gasteiger partial charge in [0.25, 0.3) is 0 Å². The van der Waals surface area contributed by atoms with Crippen LogP contribution in [0, 0.1) is 15.9 Å². The molecule has 3 rings (SSSR count). The molecule has 0 radical (unpaired) electrons. The average Bonchev–Trinajstić information content (AvgIpc) is 2.61. The van der Waals surface area contributed by atoms with E-state index in [-0.39, 0.29) is 0 Å². The quantitative estimate of drug-likeness (QED) is 0.623. The first-order chi connectivity index (χ1) is 11.6. The first-order valence-corrected chi connectivity index (χ1v) is 7.39. The highest BCUT2D eigenvalue weighted by Gasteiger charge is 2.27. The fourth-order valence-corrected chi connectivity index (χ4v) is 2.71. The van der Waals surface area contributed by atoms with Crippen LogP contribution in [0.3, 0.4) is 0 Å². The highest BCUT2D eigenvalue weighted by Crippen LogP contribution is 2.31. The summed E-state index contributed by atoms with van der Waals surface area (Å²) in [5.41, 5.74) is -0.177. The Morgan fingerprint density at radius 3 is 2.58 bits per heavy atom. The number of rotatable bonds is 4. The van der Waals surface area contributed by atoms with E-state index in [1.54, 1.807) is 12.3 Å². The Balaban J connectivity index is 1.76. The van der Waals surface area contributed by atoms with E-state index in [4.69, 9.17) is 4.74 Å². The molecule has 8 nitrogen and oxygen atoms in total. The van der Waals surface area contributed by atoms with Gasteiger partial charge in [0.2, 0.25) is 11.7 Å². The molecule has 0 saturated carbocycles. The Bertz CT molecular complexity index is 750. The van der Waals surface area contributed by atoms with Crippen molar-refractivity contribution in [3.8, 4) is 5.88 Å². The standard InChI is InChI=1S/C15H16FN5O3/c1-24-14-10-17-9-13(18-14)20-7-5-19(6-8-20)12-4-2-3-11(16)15(12)21(22)23/h2-4,9-10H,5-8H2,1H3. The summed E-state index contributed by atoms with van der Waals surface area (Å²) in [6.45, 7) is 2.22. The highest BCUT2D eigenvalue weighted by atomic mass is 19.1. The van der Waals surface area contributed by atoms with Crippen LogP contribution in [0.25, 0.3) is 0 Å². The van der Waals surface area contributed by atoms with Crippen molar-refractivity contribution in [3.05, 3.63) is 46.5 Å². The Labute approximate surface area is 137 Å². The van der Waals surface area contributed by atoms with Crippen LogP contribution in [0.2, 0.25) is 0 Å². The van der Waals surface area contributed by atoms with Crippen molar-refractivity contribution in [1.82, 2.24) is 9.97 Å². The smallest absolute Gasteiger partial charge is 0.327 e. The molecule has 0 bridgehead atoms. The van der Waals surface area contributed by atoms with Crippen LogP contribution in [0.1, 0.15) is 0 Å². The largest absolute Gasteiger partial charge is 0.480 e. The van der Waals surface area contributed by atoms with Gasteiger partial charge >= 0.3 is 5.69 Å². The van der Waals surface area contributed by atoms with E-state index in [1.807, 2.05) is 9.80 Å². The number of methoxy groups -OCH3 is 1. The number of nitro benzene ring substituents is 1. The number of halogens is 1. The SMILES string of the molecule is COc1cncc(N2CCN(c3cccc(F)c3[N+](=O)[O-])CC2)n1. The normalized spacial score (nSPS) is 14.6.